The van der Waals surface area contributed by atoms with Crippen LogP contribution in [0.5, 0.6) is 0 Å². The molecule has 0 aliphatic rings. The van der Waals surface area contributed by atoms with E-state index >= 15 is 0 Å². The quantitative estimate of drug-likeness (QED) is 0.500. The molecule has 2 heteroatoms. The number of hydrogen-bond acceptors (Lipinski definition) is 2. The molecule has 9 heavy (non-hydrogen) atoms. The first-order valence-electron chi connectivity index (χ1n) is 2.78. The Kier molecular flexibility index (Phi) is 3.60. The average Bonchev–Trinajstić information content (AvgIpc) is 1.87. The van der Waals surface area contributed by atoms with Crippen molar-refractivity contribution in [3.05, 3.63) is 11.8 Å². The minimum absolute atomic E-state index is 1.00. The van der Waals surface area contributed by atoms with E-state index in [1.54, 1.807) is 13.2 Å². The molecule has 0 atom stereocenters. The third kappa shape index (κ3) is 2.80. The number of hydrogen-bond donors (Lipinski definition) is 0. The molecule has 0 unspecified atom stereocenters. The average molecular weight is 124 g/mol. The lowest BCUT2D eigenvalue weighted by atomic mass is 10.2. The summed E-state index contributed by atoms with van der Waals surface area (Å²) in [7, 11) is 1.76. The third-order valence-electron chi connectivity index (χ3n) is 1.19. The summed E-state index contributed by atoms with van der Waals surface area (Å²) in [5.74, 6) is 0. The van der Waals surface area contributed by atoms with Crippen LogP contribution in [0.4, 0.5) is 0 Å². The maximum Gasteiger partial charge on any atom is 0.0358 e. The molecule has 0 saturated carbocycles. The van der Waals surface area contributed by atoms with Gasteiger partial charge in [0.15, 0.2) is 0 Å². The molecule has 0 aromatic heterocycles. The molecule has 0 heterocycles. The van der Waals surface area contributed by atoms with Crippen molar-refractivity contribution in [2.45, 2.75) is 13.8 Å². The molecule has 0 aliphatic carbocycles. The van der Waals surface area contributed by atoms with Crippen LogP contribution in [0.3, 0.4) is 0 Å². The van der Waals surface area contributed by atoms with Gasteiger partial charge in [-0.2, -0.15) is 0 Å². The lowest BCUT2D eigenvalue weighted by molar-refractivity contribution is 1.37. The molecule has 0 radical (unpaired) electrons. The zero-order valence-electron chi connectivity index (χ0n) is 6.18. The smallest absolute Gasteiger partial charge is 0.0358 e. The van der Waals surface area contributed by atoms with Crippen molar-refractivity contribution in [1.29, 1.82) is 0 Å². The van der Waals surface area contributed by atoms with Gasteiger partial charge >= 0.3 is 0 Å². The van der Waals surface area contributed by atoms with Crippen LogP contribution in [-0.2, 0) is 0 Å². The summed E-state index contributed by atoms with van der Waals surface area (Å²) >= 11 is 0. The molecule has 0 saturated heterocycles. The fraction of sp³-hybridized carbons (Fsp3) is 0.429. The van der Waals surface area contributed by atoms with E-state index in [0.717, 1.165) is 11.3 Å². The first-order valence-corrected chi connectivity index (χ1v) is 2.78. The van der Waals surface area contributed by atoms with Gasteiger partial charge in [0.1, 0.15) is 0 Å². The standard InChI is InChI=1S/C7H12N2/c1-6(5-8-3)7(2)9-4/h5H,3H2,1-2,4H3. The van der Waals surface area contributed by atoms with Crippen molar-refractivity contribution < 1.29 is 0 Å². The van der Waals surface area contributed by atoms with Gasteiger partial charge in [-0.05, 0) is 26.1 Å². The minimum atomic E-state index is 1.00. The van der Waals surface area contributed by atoms with E-state index in [1.165, 1.54) is 0 Å². The number of rotatable bonds is 2. The van der Waals surface area contributed by atoms with Crippen molar-refractivity contribution in [1.82, 2.24) is 0 Å². The van der Waals surface area contributed by atoms with E-state index in [0.29, 0.717) is 0 Å². The van der Waals surface area contributed by atoms with Gasteiger partial charge in [-0.25, -0.2) is 0 Å². The summed E-state index contributed by atoms with van der Waals surface area (Å²) in [4.78, 5) is 7.58. The highest BCUT2D eigenvalue weighted by Gasteiger charge is 1.88. The number of nitrogens with zero attached hydrogens (tertiary/aromatic N) is 2. The monoisotopic (exact) mass is 124 g/mol. The van der Waals surface area contributed by atoms with Gasteiger partial charge in [0.2, 0.25) is 0 Å². The van der Waals surface area contributed by atoms with Gasteiger partial charge in [-0.15, -0.1) is 0 Å². The Balaban J connectivity index is 4.19. The highest BCUT2D eigenvalue weighted by atomic mass is 14.7. The first-order chi connectivity index (χ1) is 4.22. The van der Waals surface area contributed by atoms with Crippen molar-refractivity contribution in [3.8, 4) is 0 Å². The largest absolute Gasteiger partial charge is 0.293 e. The molecule has 0 spiro atoms. The Morgan fingerprint density at radius 1 is 1.44 bits per heavy atom. The Bertz CT molecular complexity index is 154. The summed E-state index contributed by atoms with van der Waals surface area (Å²) < 4.78 is 0. The molecular formula is C7H12N2. The molecule has 0 aromatic carbocycles. The highest BCUT2D eigenvalue weighted by molar-refractivity contribution is 5.97. The fourth-order valence-corrected chi connectivity index (χ4v) is 0.407. The van der Waals surface area contributed by atoms with Gasteiger partial charge in [-0.3, -0.25) is 9.98 Å². The Hall–Kier alpha value is -0.920. The van der Waals surface area contributed by atoms with Crippen LogP contribution < -0.4 is 0 Å². The van der Waals surface area contributed by atoms with E-state index in [2.05, 4.69) is 16.7 Å². The maximum absolute atomic E-state index is 3.97. The predicted molar refractivity (Wildman–Crippen MR) is 42.3 cm³/mol. The van der Waals surface area contributed by atoms with Crippen molar-refractivity contribution in [3.63, 3.8) is 0 Å². The normalized spacial score (nSPS) is 13.7. The predicted octanol–water partition coefficient (Wildman–Crippen LogP) is 1.68. The van der Waals surface area contributed by atoms with Crippen LogP contribution in [0.1, 0.15) is 13.8 Å². The summed E-state index contributed by atoms with van der Waals surface area (Å²) in [6, 6.07) is 0. The first kappa shape index (κ1) is 8.08. The second kappa shape index (κ2) is 4.01. The van der Waals surface area contributed by atoms with E-state index in [-0.39, 0.29) is 0 Å². The third-order valence-corrected chi connectivity index (χ3v) is 1.19. The molecule has 0 bridgehead atoms. The van der Waals surface area contributed by atoms with Gasteiger partial charge in [-0.1, -0.05) is 0 Å². The molecule has 2 nitrogen and oxygen atoms in total. The van der Waals surface area contributed by atoms with Crippen LogP contribution in [0, 0.1) is 0 Å². The van der Waals surface area contributed by atoms with Crippen LogP contribution in [0.25, 0.3) is 0 Å². The van der Waals surface area contributed by atoms with E-state index in [1.807, 2.05) is 13.8 Å². The van der Waals surface area contributed by atoms with Crippen molar-refractivity contribution in [2.24, 2.45) is 9.98 Å². The SMILES string of the molecule is C=NC=C(C)C(C)=NC. The molecule has 0 N–H and O–H groups in total. The summed E-state index contributed by atoms with van der Waals surface area (Å²) in [5, 5.41) is 0. The van der Waals surface area contributed by atoms with Crippen LogP contribution in [-0.4, -0.2) is 19.5 Å². The summed E-state index contributed by atoms with van der Waals surface area (Å²) in [6.45, 7) is 7.23. The van der Waals surface area contributed by atoms with Gasteiger partial charge in [0, 0.05) is 19.0 Å². The molecule has 0 aliphatic heterocycles. The Morgan fingerprint density at radius 3 is 2.33 bits per heavy atom. The van der Waals surface area contributed by atoms with Crippen LogP contribution in [0.2, 0.25) is 0 Å². The topological polar surface area (TPSA) is 24.7 Å². The van der Waals surface area contributed by atoms with Gasteiger partial charge in [0.05, 0.1) is 0 Å². The van der Waals surface area contributed by atoms with Crippen molar-refractivity contribution in [2.75, 3.05) is 7.05 Å². The second-order valence-electron chi connectivity index (χ2n) is 1.80. The van der Waals surface area contributed by atoms with E-state index in [9.17, 15) is 0 Å². The highest BCUT2D eigenvalue weighted by Crippen LogP contribution is 1.94. The zero-order chi connectivity index (χ0) is 7.28. The van der Waals surface area contributed by atoms with Gasteiger partial charge < -0.3 is 0 Å². The lowest BCUT2D eigenvalue weighted by Crippen LogP contribution is -1.90. The fourth-order valence-electron chi connectivity index (χ4n) is 0.407. The van der Waals surface area contributed by atoms with E-state index in [4.69, 9.17) is 0 Å². The van der Waals surface area contributed by atoms with Gasteiger partial charge in [0.25, 0.3) is 0 Å². The maximum atomic E-state index is 3.97. The number of allylic oxidation sites excluding steroid dienone is 1. The Labute approximate surface area is 56.0 Å². The molecule has 0 aromatic rings. The number of aliphatic imine (C=N–C) groups is 2. The van der Waals surface area contributed by atoms with Crippen LogP contribution >= 0.6 is 0 Å². The minimum Gasteiger partial charge on any atom is -0.293 e. The molecule has 0 rings (SSSR count). The molecule has 50 valence electrons. The van der Waals surface area contributed by atoms with Crippen molar-refractivity contribution >= 4 is 12.4 Å². The Morgan fingerprint density at radius 2 is 2.00 bits per heavy atom. The summed E-state index contributed by atoms with van der Waals surface area (Å²) in [5.41, 5.74) is 2.06. The lowest BCUT2D eigenvalue weighted by Gasteiger charge is -1.93. The van der Waals surface area contributed by atoms with E-state index < -0.39 is 0 Å². The molecular weight excluding hydrogens is 112 g/mol. The summed E-state index contributed by atoms with van der Waals surface area (Å²) in [6.07, 6.45) is 1.70. The molecule has 0 fully saturated rings. The second-order valence-corrected chi connectivity index (χ2v) is 1.80. The zero-order valence-corrected chi connectivity index (χ0v) is 6.18. The molecule has 0 amide bonds. The van der Waals surface area contributed by atoms with Crippen LogP contribution in [0.15, 0.2) is 21.8 Å².